The van der Waals surface area contributed by atoms with Gasteiger partial charge in [-0.1, -0.05) is 49.7 Å². The molecule has 0 saturated carbocycles. The van der Waals surface area contributed by atoms with Gasteiger partial charge >= 0.3 is 6.18 Å². The fraction of sp³-hybridized carbons (Fsp3) is 0.493. The Labute approximate surface area is 659 Å². The number of carbonyl (C=O) groups excluding carboxylic acids is 8. The van der Waals surface area contributed by atoms with Crippen LogP contribution in [0, 0.1) is 5.92 Å². The Hall–Kier alpha value is -9.82. The third-order valence-electron chi connectivity index (χ3n) is 20.5. The summed E-state index contributed by atoms with van der Waals surface area (Å²) in [5, 5.41) is 123. The van der Waals surface area contributed by atoms with Crippen molar-refractivity contribution in [3.63, 3.8) is 0 Å². The number of likely N-dealkylation sites (N-methyl/N-ethyl adjacent to an activating group) is 1. The molecule has 5 aromatic carbocycles. The normalized spacial score (nSPS) is 31.5. The van der Waals surface area contributed by atoms with Crippen LogP contribution < -0.4 is 73.9 Å². The summed E-state index contributed by atoms with van der Waals surface area (Å²) in [6.07, 6.45) is -28.3. The number of rotatable bonds is 16. The van der Waals surface area contributed by atoms with Crippen LogP contribution in [-0.2, 0) is 62.0 Å². The van der Waals surface area contributed by atoms with Gasteiger partial charge in [0.15, 0.2) is 30.2 Å². The standard InChI is InChI=1S/C75H91ClF3N11O25/c1-28(2)16-40(83-7)65(101)89-55-57(96)33-11-15-44(39(76)18-33)111-46-20-34-19-45(61(46)115-72-62(59(98)58(97)47(26-91)112-72)114-50-25-74(6,82)64(100)30(4)109-50)110-36-12-8-31(9-13-36)60(113-49-24-73(5,81)63(99)29(3)108-49)56-71(107)88-54(67(103)84-27-75(77,78)79)38-21-35(92)22-43(94)51(38)37-17-32(10-14-42(37)93)52(68(104)90-56)87-69(105)53(34)86-66(102)41(23-48(80)95)85-70(55)106/h8-15,17-22,28-30,40-41,47,49-50,52-60,62-64,72,83,91-94,96-100H,16,23-27,81-82H2,1-7H3,(H2,80,95)(H,84,103)(H,85,106)(H,86,102)(H,87,105)(H,88,107)(H,89,101)(H,90,104)/t29-,30-,40+,41-,47+,49-,50-,52+,53+,54-,55+,56-,57+,58+,59-,60+,62+,63-,64-,72-,73-,74-/m0/s1. The highest BCUT2D eigenvalue weighted by molar-refractivity contribution is 6.32. The topological polar surface area (TPSA) is 567 Å². The van der Waals surface area contributed by atoms with E-state index in [9.17, 15) is 73.5 Å². The molecule has 0 aliphatic carbocycles. The summed E-state index contributed by atoms with van der Waals surface area (Å²) in [5.74, 6) is -16.4. The van der Waals surface area contributed by atoms with Gasteiger partial charge in [0.05, 0.1) is 48.5 Å². The molecule has 5 aromatic rings. The lowest BCUT2D eigenvalue weighted by molar-refractivity contribution is -0.333. The summed E-state index contributed by atoms with van der Waals surface area (Å²) >= 11 is 7.13. The van der Waals surface area contributed by atoms with E-state index >= 15 is 24.0 Å². The first kappa shape index (κ1) is 86.0. The molecular formula is C75H91ClF3N11O25. The van der Waals surface area contributed by atoms with Crippen LogP contribution >= 0.6 is 11.6 Å². The molecule has 40 heteroatoms. The summed E-state index contributed by atoms with van der Waals surface area (Å²) in [4.78, 5) is 121. The minimum atomic E-state index is -5.11. The van der Waals surface area contributed by atoms with Crippen LogP contribution in [0.1, 0.15) is 125 Å². The van der Waals surface area contributed by atoms with Crippen LogP contribution in [0.2, 0.25) is 5.02 Å². The highest BCUT2D eigenvalue weighted by Gasteiger charge is 2.53. The number of carbonyl (C=O) groups is 8. The van der Waals surface area contributed by atoms with Crippen molar-refractivity contribution < 1.29 is 135 Å². The first-order valence-electron chi connectivity index (χ1n) is 36.5. The maximum atomic E-state index is 16.4. The van der Waals surface area contributed by atoms with Gasteiger partial charge in [0.1, 0.15) is 102 Å². The second-order valence-corrected chi connectivity index (χ2v) is 30.5. The Kier molecular flexibility index (Phi) is 25.8. The zero-order valence-corrected chi connectivity index (χ0v) is 63.5. The zero-order valence-electron chi connectivity index (χ0n) is 62.8. The van der Waals surface area contributed by atoms with Gasteiger partial charge in [-0.25, -0.2) is 0 Å². The second-order valence-electron chi connectivity index (χ2n) is 30.1. The number of nitrogens with one attached hydrogen (secondary N) is 8. The number of amides is 8. The molecule has 0 radical (unpaired) electrons. The lowest BCUT2D eigenvalue weighted by Gasteiger charge is -2.47. The summed E-state index contributed by atoms with van der Waals surface area (Å²) in [5.41, 5.74) is 12.8. The fourth-order valence-electron chi connectivity index (χ4n) is 14.5. The van der Waals surface area contributed by atoms with E-state index in [0.29, 0.717) is 6.07 Å². The molecule has 13 rings (SSSR count). The first-order chi connectivity index (χ1) is 54.0. The molecule has 8 amide bonds. The molecule has 0 unspecified atom stereocenters. The van der Waals surface area contributed by atoms with Crippen LogP contribution in [0.15, 0.2) is 84.9 Å². The number of phenolic OH excluding ortho intramolecular Hbond substituents is 3. The van der Waals surface area contributed by atoms with Crippen LogP contribution in [0.4, 0.5) is 13.2 Å². The monoisotopic (exact) mass is 1640 g/mol. The van der Waals surface area contributed by atoms with Crippen molar-refractivity contribution in [2.24, 2.45) is 23.1 Å². The van der Waals surface area contributed by atoms with Gasteiger partial charge in [-0.2, -0.15) is 13.2 Å². The van der Waals surface area contributed by atoms with Gasteiger partial charge in [0, 0.05) is 41.1 Å². The number of hydrogen-bond acceptors (Lipinski definition) is 28. The number of hydrogen-bond donors (Lipinski definition) is 20. The maximum Gasteiger partial charge on any atom is 0.405 e. The average molecular weight is 1640 g/mol. The van der Waals surface area contributed by atoms with Crippen molar-refractivity contribution in [3.05, 3.63) is 118 Å². The van der Waals surface area contributed by atoms with E-state index in [2.05, 4.69) is 37.2 Å². The highest BCUT2D eigenvalue weighted by atomic mass is 35.5. The minimum absolute atomic E-state index is 0.127. The Bertz CT molecular complexity index is 4510. The molecule has 8 aliphatic rings. The van der Waals surface area contributed by atoms with Crippen molar-refractivity contribution in [2.75, 3.05) is 20.2 Å². The zero-order chi connectivity index (χ0) is 83.9. The van der Waals surface area contributed by atoms with Gasteiger partial charge in [0.2, 0.25) is 59.3 Å². The minimum Gasteiger partial charge on any atom is -0.508 e. The lowest BCUT2D eigenvalue weighted by atomic mass is 9.86. The van der Waals surface area contributed by atoms with Gasteiger partial charge in [-0.05, 0) is 129 Å². The number of halogens is 4. The van der Waals surface area contributed by atoms with Crippen LogP contribution in [0.5, 0.6) is 46.0 Å². The second kappa shape index (κ2) is 34.5. The lowest BCUT2D eigenvalue weighted by Crippen LogP contribution is -2.64. The van der Waals surface area contributed by atoms with E-state index < -0.39 is 269 Å². The van der Waals surface area contributed by atoms with E-state index in [1.165, 1.54) is 71.1 Å². The predicted molar refractivity (Wildman–Crippen MR) is 392 cm³/mol. The van der Waals surface area contributed by atoms with Crippen molar-refractivity contribution in [3.8, 4) is 57.1 Å². The molecule has 22 atom stereocenters. The Balaban J connectivity index is 1.19. The third kappa shape index (κ3) is 19.2. The van der Waals surface area contributed by atoms with E-state index in [0.717, 1.165) is 42.5 Å². The molecule has 8 heterocycles. The van der Waals surface area contributed by atoms with Gasteiger partial charge in [-0.3, -0.25) is 38.4 Å². The SMILES string of the molecule is CN[C@H](CC(C)C)C(=O)N[C@H]1C(=O)N[C@@H](CC(N)=O)C(=O)N[C@H]2C(=O)N[C@H]3C(=O)N[C@H](C(=O)N[C@H](C(=O)NCC(F)(F)F)c4cc(O)cc(O)c4-c4cc3ccc4O)[C@H](O[C@H]3C[C@](C)(N)[C@@H](O)[C@H](C)O3)c3ccc(cc3)Oc3cc2cc(c3O[C@@H]2O[C@H](CO)[C@@H](O)[C@H](O)[C@H]2O[C@H]2C[C@](C)(N)[C@@H](O)[C@H](C)O2)Oc2ccc(cc2Cl)[C@H]1O. The van der Waals surface area contributed by atoms with E-state index in [-0.39, 0.29) is 52.8 Å². The average Bonchev–Trinajstić information content (AvgIpc) is 0.764. The molecular weight excluding hydrogens is 1550 g/mol. The van der Waals surface area contributed by atoms with Gasteiger partial charge in [-0.15, -0.1) is 0 Å². The number of alkyl halides is 3. The van der Waals surface area contributed by atoms with Crippen molar-refractivity contribution in [1.82, 2.24) is 42.5 Å². The first-order valence-corrected chi connectivity index (χ1v) is 36.9. The van der Waals surface area contributed by atoms with Gasteiger partial charge < -0.3 is 144 Å². The number of ether oxygens (including phenoxy) is 8. The van der Waals surface area contributed by atoms with Crippen LogP contribution in [-0.4, -0.2) is 223 Å². The smallest absolute Gasteiger partial charge is 0.405 e. The molecule has 0 aromatic heterocycles. The van der Waals surface area contributed by atoms with Crippen LogP contribution in [0.3, 0.4) is 0 Å². The third-order valence-corrected chi connectivity index (χ3v) is 20.8. The van der Waals surface area contributed by atoms with Crippen molar-refractivity contribution in [1.29, 1.82) is 0 Å². The molecule has 115 heavy (non-hydrogen) atoms. The largest absolute Gasteiger partial charge is 0.508 e. The maximum absolute atomic E-state index is 16.4. The molecule has 8 aliphatic heterocycles. The number of aliphatic hydroxyl groups excluding tert-OH is 6. The molecule has 23 N–H and O–H groups in total. The van der Waals surface area contributed by atoms with Gasteiger partial charge in [0.25, 0.3) is 0 Å². The number of nitrogens with two attached hydrogens (primary N) is 3. The Morgan fingerprint density at radius 3 is 1.89 bits per heavy atom. The van der Waals surface area contributed by atoms with Crippen molar-refractivity contribution in [2.45, 2.75) is 207 Å². The highest BCUT2D eigenvalue weighted by Crippen LogP contribution is 2.50. The van der Waals surface area contributed by atoms with E-state index in [1.54, 1.807) is 19.2 Å². The molecule has 3 fully saturated rings. The number of aromatic hydroxyl groups is 3. The fourth-order valence-corrected chi connectivity index (χ4v) is 14.7. The summed E-state index contributed by atoms with van der Waals surface area (Å²) < 4.78 is 93.9. The number of phenols is 3. The quantitative estimate of drug-likeness (QED) is 0.0631. The van der Waals surface area contributed by atoms with Crippen molar-refractivity contribution >= 4 is 58.9 Å². The summed E-state index contributed by atoms with van der Waals surface area (Å²) in [7, 11) is 1.46. The molecule has 36 nitrogen and oxygen atoms in total. The number of primary amides is 1. The number of benzene rings is 5. The predicted octanol–water partition coefficient (Wildman–Crippen LogP) is 0.284. The Morgan fingerprint density at radius 1 is 0.687 bits per heavy atom. The van der Waals surface area contributed by atoms with Crippen LogP contribution in [0.25, 0.3) is 11.1 Å². The molecule has 11 bridgehead atoms. The number of fused-ring (bicyclic) bond motifs is 15. The van der Waals surface area contributed by atoms with E-state index in [4.69, 9.17) is 66.7 Å². The van der Waals surface area contributed by atoms with E-state index in [1.807, 2.05) is 0 Å². The molecule has 624 valence electrons. The molecule has 3 saturated heterocycles. The summed E-state index contributed by atoms with van der Waals surface area (Å²) in [6.45, 7) is 6.42. The Morgan fingerprint density at radius 2 is 1.29 bits per heavy atom. The number of aliphatic hydroxyl groups is 6. The summed E-state index contributed by atoms with van der Waals surface area (Å²) in [6, 6.07) is 0.0531. The molecule has 0 spiro atoms.